The standard InChI is InChI=1S/C14H26F2O4S/c1-13(2,3)12(17)20-11-9-7-5-4-6-8-10-14(15,16)21(18)19/h4-11H2,1-3H3,(H,18,19)/p-1. The number of alkyl halides is 2. The van der Waals surface area contributed by atoms with Gasteiger partial charge >= 0.3 is 11.2 Å². The number of hydrogen-bond acceptors (Lipinski definition) is 4. The second kappa shape index (κ2) is 9.46. The summed E-state index contributed by atoms with van der Waals surface area (Å²) in [4.78, 5) is 11.4. The number of hydrogen-bond donors (Lipinski definition) is 0. The van der Waals surface area contributed by atoms with E-state index in [0.717, 1.165) is 25.7 Å². The van der Waals surface area contributed by atoms with Crippen molar-refractivity contribution in [3.8, 4) is 0 Å². The first kappa shape index (κ1) is 20.4. The Bertz CT molecular complexity index is 340. The van der Waals surface area contributed by atoms with Gasteiger partial charge in [0.15, 0.2) is 0 Å². The van der Waals surface area contributed by atoms with Crippen molar-refractivity contribution in [3.63, 3.8) is 0 Å². The van der Waals surface area contributed by atoms with E-state index in [0.29, 0.717) is 13.0 Å². The molecule has 0 radical (unpaired) electrons. The summed E-state index contributed by atoms with van der Waals surface area (Å²) in [6.45, 7) is 5.75. The molecule has 1 unspecified atom stereocenters. The minimum absolute atomic E-state index is 0.194. The Morgan fingerprint density at radius 3 is 2.00 bits per heavy atom. The number of carbonyl (C=O) groups is 1. The Labute approximate surface area is 127 Å². The van der Waals surface area contributed by atoms with Gasteiger partial charge in [0.2, 0.25) is 0 Å². The van der Waals surface area contributed by atoms with E-state index in [1.54, 1.807) is 20.8 Å². The Balaban J connectivity index is 3.46. The molecule has 126 valence electrons. The summed E-state index contributed by atoms with van der Waals surface area (Å²) in [7, 11) is 0. The van der Waals surface area contributed by atoms with Crippen LogP contribution in [0.4, 0.5) is 8.78 Å². The fraction of sp³-hybridized carbons (Fsp3) is 0.929. The zero-order valence-corrected chi connectivity index (χ0v) is 13.8. The number of unbranched alkanes of at least 4 members (excludes halogenated alkanes) is 5. The van der Waals surface area contributed by atoms with E-state index in [1.165, 1.54) is 0 Å². The highest BCUT2D eigenvalue weighted by Crippen LogP contribution is 2.24. The van der Waals surface area contributed by atoms with Crippen molar-refractivity contribution in [3.05, 3.63) is 0 Å². The van der Waals surface area contributed by atoms with Crippen molar-refractivity contribution >= 4 is 17.0 Å². The van der Waals surface area contributed by atoms with Gasteiger partial charge in [-0.15, -0.1) is 0 Å². The summed E-state index contributed by atoms with van der Waals surface area (Å²) < 4.78 is 51.0. The molecule has 0 saturated carbocycles. The smallest absolute Gasteiger partial charge is 0.311 e. The summed E-state index contributed by atoms with van der Waals surface area (Å²) in [6.07, 6.45) is 3.40. The average Bonchev–Trinajstić information content (AvgIpc) is 2.35. The van der Waals surface area contributed by atoms with E-state index in [1.807, 2.05) is 0 Å². The third-order valence-corrected chi connectivity index (χ3v) is 3.64. The van der Waals surface area contributed by atoms with Crippen molar-refractivity contribution < 1.29 is 27.1 Å². The maximum atomic E-state index is 12.7. The van der Waals surface area contributed by atoms with Gasteiger partial charge in [0.25, 0.3) is 0 Å². The Morgan fingerprint density at radius 1 is 1.05 bits per heavy atom. The Kier molecular flexibility index (Phi) is 9.20. The van der Waals surface area contributed by atoms with Crippen LogP contribution in [0.1, 0.15) is 65.7 Å². The van der Waals surface area contributed by atoms with Crippen LogP contribution < -0.4 is 0 Å². The van der Waals surface area contributed by atoms with E-state index < -0.39 is 28.2 Å². The molecule has 0 fully saturated rings. The molecule has 0 saturated heterocycles. The number of ether oxygens (including phenoxy) is 1. The monoisotopic (exact) mass is 327 g/mol. The molecule has 0 rings (SSSR count). The summed E-state index contributed by atoms with van der Waals surface area (Å²) in [6, 6.07) is 0. The van der Waals surface area contributed by atoms with Crippen LogP contribution in [0.15, 0.2) is 0 Å². The summed E-state index contributed by atoms with van der Waals surface area (Å²) >= 11 is -3.33. The molecule has 0 aliphatic heterocycles. The molecular weight excluding hydrogens is 302 g/mol. The summed E-state index contributed by atoms with van der Waals surface area (Å²) in [5, 5.41) is -3.61. The van der Waals surface area contributed by atoms with Gasteiger partial charge < -0.3 is 9.29 Å². The van der Waals surface area contributed by atoms with E-state index >= 15 is 0 Å². The maximum Gasteiger partial charge on any atom is 0.311 e. The lowest BCUT2D eigenvalue weighted by Gasteiger charge is -2.18. The molecule has 0 N–H and O–H groups in total. The van der Waals surface area contributed by atoms with Crippen molar-refractivity contribution in [1.82, 2.24) is 0 Å². The topological polar surface area (TPSA) is 66.4 Å². The van der Waals surface area contributed by atoms with E-state index in [-0.39, 0.29) is 12.4 Å². The number of rotatable bonds is 10. The molecule has 0 bridgehead atoms. The van der Waals surface area contributed by atoms with Crippen LogP contribution >= 0.6 is 0 Å². The SMILES string of the molecule is CC(C)(C)C(=O)OCCCCCCCCC(F)(F)S(=O)[O-]. The quantitative estimate of drug-likeness (QED) is 0.348. The normalized spacial score (nSPS) is 14.0. The molecule has 0 spiro atoms. The second-order valence-corrected chi connectivity index (χ2v) is 7.20. The zero-order chi connectivity index (χ0) is 16.5. The van der Waals surface area contributed by atoms with Gasteiger partial charge in [-0.25, -0.2) is 0 Å². The third-order valence-electron chi connectivity index (χ3n) is 2.95. The van der Waals surface area contributed by atoms with Crippen molar-refractivity contribution in [2.75, 3.05) is 6.61 Å². The van der Waals surface area contributed by atoms with Crippen molar-refractivity contribution in [2.24, 2.45) is 5.41 Å². The molecule has 0 aromatic heterocycles. The molecule has 1 atom stereocenters. The van der Waals surface area contributed by atoms with Gasteiger partial charge in [0.1, 0.15) is 0 Å². The van der Waals surface area contributed by atoms with E-state index in [4.69, 9.17) is 4.74 Å². The van der Waals surface area contributed by atoms with Crippen molar-refractivity contribution in [2.45, 2.75) is 71.0 Å². The van der Waals surface area contributed by atoms with Gasteiger partial charge in [-0.05, 0) is 33.6 Å². The molecule has 7 heteroatoms. The number of halogens is 2. The molecule has 0 aliphatic rings. The lowest BCUT2D eigenvalue weighted by atomic mass is 9.97. The van der Waals surface area contributed by atoms with Gasteiger partial charge in [-0.3, -0.25) is 9.00 Å². The van der Waals surface area contributed by atoms with Crippen LogP contribution in [0.2, 0.25) is 0 Å². The first-order valence-corrected chi connectivity index (χ1v) is 8.29. The average molecular weight is 327 g/mol. The predicted octanol–water partition coefficient (Wildman–Crippen LogP) is 3.78. The van der Waals surface area contributed by atoms with Crippen LogP contribution in [0, 0.1) is 5.41 Å². The number of carbonyl (C=O) groups excluding carboxylic acids is 1. The van der Waals surface area contributed by atoms with Gasteiger partial charge in [-0.2, -0.15) is 8.78 Å². The fourth-order valence-corrected chi connectivity index (χ4v) is 1.92. The van der Waals surface area contributed by atoms with Crippen molar-refractivity contribution in [1.29, 1.82) is 0 Å². The molecule has 0 amide bonds. The minimum atomic E-state index is -3.61. The van der Waals surface area contributed by atoms with Gasteiger partial charge in [-0.1, -0.05) is 25.7 Å². The highest BCUT2D eigenvalue weighted by Gasteiger charge is 2.29. The van der Waals surface area contributed by atoms with E-state index in [2.05, 4.69) is 0 Å². The second-order valence-electron chi connectivity index (χ2n) is 6.13. The third kappa shape index (κ3) is 9.90. The zero-order valence-electron chi connectivity index (χ0n) is 13.0. The van der Waals surface area contributed by atoms with Crippen LogP contribution in [0.3, 0.4) is 0 Å². The summed E-state index contributed by atoms with van der Waals surface area (Å²) in [5.41, 5.74) is -0.493. The molecule has 0 aliphatic carbocycles. The summed E-state index contributed by atoms with van der Waals surface area (Å²) in [5.74, 6) is -0.227. The molecular formula is C14H25F2O4S-. The first-order chi connectivity index (χ1) is 9.57. The maximum absolute atomic E-state index is 12.7. The predicted molar refractivity (Wildman–Crippen MR) is 76.6 cm³/mol. The lowest BCUT2D eigenvalue weighted by molar-refractivity contribution is -0.153. The Morgan fingerprint density at radius 2 is 1.52 bits per heavy atom. The lowest BCUT2D eigenvalue weighted by Crippen LogP contribution is -2.23. The Hall–Kier alpha value is -0.560. The van der Waals surface area contributed by atoms with Gasteiger partial charge in [0.05, 0.1) is 12.0 Å². The van der Waals surface area contributed by atoms with Crippen LogP contribution in [0.25, 0.3) is 0 Å². The van der Waals surface area contributed by atoms with Crippen LogP contribution in [-0.4, -0.2) is 26.6 Å². The molecule has 21 heavy (non-hydrogen) atoms. The molecule has 0 heterocycles. The van der Waals surface area contributed by atoms with Crippen LogP contribution in [0.5, 0.6) is 0 Å². The first-order valence-electron chi connectivity index (χ1n) is 7.22. The van der Waals surface area contributed by atoms with E-state index in [9.17, 15) is 22.3 Å². The highest BCUT2D eigenvalue weighted by molar-refractivity contribution is 7.80. The largest absolute Gasteiger partial charge is 0.768 e. The molecule has 4 nitrogen and oxygen atoms in total. The fourth-order valence-electron chi connectivity index (χ4n) is 1.60. The highest BCUT2D eigenvalue weighted by atomic mass is 32.2. The van der Waals surface area contributed by atoms with Crippen LogP contribution in [-0.2, 0) is 20.6 Å². The molecule has 0 aromatic carbocycles. The molecule has 0 aromatic rings. The minimum Gasteiger partial charge on any atom is -0.768 e. The van der Waals surface area contributed by atoms with Gasteiger partial charge in [0, 0.05) is 17.5 Å². The number of esters is 1.